The van der Waals surface area contributed by atoms with Crippen molar-refractivity contribution in [2.75, 3.05) is 48.3 Å². The Morgan fingerprint density at radius 1 is 1.04 bits per heavy atom. The van der Waals surface area contributed by atoms with Crippen molar-refractivity contribution in [3.8, 4) is 0 Å². The number of nitrogens with one attached hydrogen (secondary N) is 3. The summed E-state index contributed by atoms with van der Waals surface area (Å²) < 4.78 is 0. The molecule has 1 aliphatic rings. The van der Waals surface area contributed by atoms with Crippen molar-refractivity contribution in [1.29, 1.82) is 0 Å². The zero-order valence-corrected chi connectivity index (χ0v) is 13.9. The predicted octanol–water partition coefficient (Wildman–Crippen LogP) is 1.65. The van der Waals surface area contributed by atoms with Gasteiger partial charge in [-0.05, 0) is 19.4 Å². The van der Waals surface area contributed by atoms with E-state index < -0.39 is 0 Å². The van der Waals surface area contributed by atoms with Gasteiger partial charge in [-0.25, -0.2) is 0 Å². The molecular weight excluding hydrogens is 290 g/mol. The topological polar surface area (TPSA) is 78.0 Å². The Kier molecular flexibility index (Phi) is 6.80. The summed E-state index contributed by atoms with van der Waals surface area (Å²) in [5.41, 5.74) is 0. The summed E-state index contributed by atoms with van der Waals surface area (Å²) in [4.78, 5) is 15.6. The Labute approximate surface area is 138 Å². The van der Waals surface area contributed by atoms with E-state index >= 15 is 0 Å². The van der Waals surface area contributed by atoms with Gasteiger partial charge in [0.1, 0.15) is 0 Å². The van der Waals surface area contributed by atoms with Crippen LogP contribution in [-0.4, -0.2) is 53.7 Å². The van der Waals surface area contributed by atoms with Crippen LogP contribution in [0.2, 0.25) is 0 Å². The summed E-state index contributed by atoms with van der Waals surface area (Å²) >= 11 is 0. The Hall–Kier alpha value is -2.15. The van der Waals surface area contributed by atoms with Crippen molar-refractivity contribution in [3.05, 3.63) is 25.3 Å². The van der Waals surface area contributed by atoms with Gasteiger partial charge in [0.15, 0.2) is 0 Å². The first-order valence-corrected chi connectivity index (χ1v) is 8.20. The van der Waals surface area contributed by atoms with Crippen LogP contribution in [0.15, 0.2) is 25.3 Å². The molecule has 7 heteroatoms. The molecule has 1 saturated heterocycles. The number of aromatic nitrogens is 3. The molecule has 1 aromatic rings. The molecule has 126 valence electrons. The van der Waals surface area contributed by atoms with E-state index in [0.717, 1.165) is 32.5 Å². The van der Waals surface area contributed by atoms with Crippen molar-refractivity contribution in [3.63, 3.8) is 0 Å². The molecule has 0 radical (unpaired) electrons. The molecular formula is C16H27N7. The van der Waals surface area contributed by atoms with E-state index in [0.29, 0.717) is 37.0 Å². The molecule has 23 heavy (non-hydrogen) atoms. The third kappa shape index (κ3) is 5.21. The fourth-order valence-corrected chi connectivity index (χ4v) is 2.56. The van der Waals surface area contributed by atoms with Gasteiger partial charge in [0, 0.05) is 32.2 Å². The van der Waals surface area contributed by atoms with Crippen LogP contribution >= 0.6 is 0 Å². The SMILES string of the molecule is C=CCNc1nc(NCC=C)nc(N2CCC(NCC)CC2)n1. The Morgan fingerprint density at radius 2 is 1.61 bits per heavy atom. The monoisotopic (exact) mass is 317 g/mol. The highest BCUT2D eigenvalue weighted by Gasteiger charge is 2.21. The molecule has 3 N–H and O–H groups in total. The number of hydrogen-bond donors (Lipinski definition) is 3. The quantitative estimate of drug-likeness (QED) is 0.598. The third-order valence-electron chi connectivity index (χ3n) is 3.70. The van der Waals surface area contributed by atoms with E-state index in [-0.39, 0.29) is 0 Å². The van der Waals surface area contributed by atoms with Crippen LogP contribution < -0.4 is 20.9 Å². The van der Waals surface area contributed by atoms with Gasteiger partial charge < -0.3 is 20.9 Å². The molecule has 7 nitrogen and oxygen atoms in total. The average molecular weight is 317 g/mol. The highest BCUT2D eigenvalue weighted by molar-refractivity contribution is 5.44. The van der Waals surface area contributed by atoms with Crippen LogP contribution in [0.5, 0.6) is 0 Å². The highest BCUT2D eigenvalue weighted by Crippen LogP contribution is 2.19. The number of piperidine rings is 1. The lowest BCUT2D eigenvalue weighted by atomic mass is 10.1. The Bertz CT molecular complexity index is 479. The first-order valence-electron chi connectivity index (χ1n) is 8.20. The third-order valence-corrected chi connectivity index (χ3v) is 3.70. The van der Waals surface area contributed by atoms with E-state index in [9.17, 15) is 0 Å². The molecule has 0 unspecified atom stereocenters. The molecule has 1 aromatic heterocycles. The van der Waals surface area contributed by atoms with Gasteiger partial charge in [-0.1, -0.05) is 19.1 Å². The maximum atomic E-state index is 4.53. The van der Waals surface area contributed by atoms with Crippen molar-refractivity contribution in [1.82, 2.24) is 20.3 Å². The fourth-order valence-electron chi connectivity index (χ4n) is 2.56. The molecule has 0 atom stereocenters. The minimum absolute atomic E-state index is 0.565. The standard InChI is InChI=1S/C16H27N7/c1-4-9-18-14-20-15(19-10-5-2)22-16(21-14)23-11-7-13(8-12-23)17-6-3/h4-5,13,17H,1-2,6-12H2,3H3,(H2,18,19,20,21,22). The van der Waals surface area contributed by atoms with Crippen LogP contribution in [0.4, 0.5) is 17.8 Å². The highest BCUT2D eigenvalue weighted by atomic mass is 15.3. The van der Waals surface area contributed by atoms with Gasteiger partial charge in [0.05, 0.1) is 0 Å². The van der Waals surface area contributed by atoms with Crippen LogP contribution in [-0.2, 0) is 0 Å². The summed E-state index contributed by atoms with van der Waals surface area (Å²) in [6, 6.07) is 0.592. The molecule has 1 aliphatic heterocycles. The summed E-state index contributed by atoms with van der Waals surface area (Å²) in [5.74, 6) is 1.85. The fraction of sp³-hybridized carbons (Fsp3) is 0.562. The van der Waals surface area contributed by atoms with E-state index in [4.69, 9.17) is 0 Å². The summed E-state index contributed by atoms with van der Waals surface area (Å²) in [5, 5.41) is 9.78. The zero-order chi connectivity index (χ0) is 16.5. The van der Waals surface area contributed by atoms with Gasteiger partial charge in [0.2, 0.25) is 17.8 Å². The molecule has 0 aliphatic carbocycles. The Balaban J connectivity index is 2.09. The number of hydrogen-bond acceptors (Lipinski definition) is 7. The lowest BCUT2D eigenvalue weighted by Gasteiger charge is -2.32. The summed E-state index contributed by atoms with van der Waals surface area (Å²) in [6.45, 7) is 13.7. The molecule has 1 fully saturated rings. The molecule has 0 bridgehead atoms. The summed E-state index contributed by atoms with van der Waals surface area (Å²) in [7, 11) is 0. The second-order valence-electron chi connectivity index (χ2n) is 5.44. The van der Waals surface area contributed by atoms with Gasteiger partial charge in [-0.3, -0.25) is 0 Å². The van der Waals surface area contributed by atoms with Crippen molar-refractivity contribution in [2.45, 2.75) is 25.8 Å². The molecule has 2 heterocycles. The first kappa shape index (κ1) is 17.2. The van der Waals surface area contributed by atoms with Gasteiger partial charge >= 0.3 is 0 Å². The van der Waals surface area contributed by atoms with Crippen LogP contribution in [0.1, 0.15) is 19.8 Å². The van der Waals surface area contributed by atoms with Gasteiger partial charge in [0.25, 0.3) is 0 Å². The first-order chi connectivity index (χ1) is 11.3. The van der Waals surface area contributed by atoms with Gasteiger partial charge in [-0.15, -0.1) is 13.2 Å². The van der Waals surface area contributed by atoms with E-state index in [1.807, 2.05) is 0 Å². The zero-order valence-electron chi connectivity index (χ0n) is 13.9. The normalized spacial score (nSPS) is 15.3. The molecule has 2 rings (SSSR count). The van der Waals surface area contributed by atoms with E-state index in [1.54, 1.807) is 12.2 Å². The van der Waals surface area contributed by atoms with Crippen LogP contribution in [0.25, 0.3) is 0 Å². The second-order valence-corrected chi connectivity index (χ2v) is 5.44. The van der Waals surface area contributed by atoms with Crippen LogP contribution in [0, 0.1) is 0 Å². The lowest BCUT2D eigenvalue weighted by molar-refractivity contribution is 0.421. The van der Waals surface area contributed by atoms with E-state index in [1.165, 1.54) is 0 Å². The maximum Gasteiger partial charge on any atom is 0.231 e. The van der Waals surface area contributed by atoms with Crippen LogP contribution in [0.3, 0.4) is 0 Å². The van der Waals surface area contributed by atoms with Crippen molar-refractivity contribution in [2.24, 2.45) is 0 Å². The smallest absolute Gasteiger partial charge is 0.231 e. The number of anilines is 3. The maximum absolute atomic E-state index is 4.53. The predicted molar refractivity (Wildman–Crippen MR) is 96.1 cm³/mol. The molecule has 0 saturated carbocycles. The van der Waals surface area contributed by atoms with Crippen molar-refractivity contribution >= 4 is 17.8 Å². The Morgan fingerprint density at radius 3 is 2.09 bits per heavy atom. The summed E-state index contributed by atoms with van der Waals surface area (Å²) in [6.07, 6.45) is 5.76. The van der Waals surface area contributed by atoms with Crippen molar-refractivity contribution < 1.29 is 0 Å². The minimum Gasteiger partial charge on any atom is -0.351 e. The second kappa shape index (κ2) is 9.09. The number of rotatable bonds is 9. The molecule has 0 amide bonds. The average Bonchev–Trinajstić information content (AvgIpc) is 2.59. The molecule has 0 aromatic carbocycles. The lowest BCUT2D eigenvalue weighted by Crippen LogP contribution is -2.43. The minimum atomic E-state index is 0.565. The largest absolute Gasteiger partial charge is 0.351 e. The van der Waals surface area contributed by atoms with E-state index in [2.05, 4.69) is 55.9 Å². The number of nitrogens with zero attached hydrogens (tertiary/aromatic N) is 4. The van der Waals surface area contributed by atoms with Gasteiger partial charge in [-0.2, -0.15) is 15.0 Å². The molecule has 0 spiro atoms.